The number of halogens is 3. The summed E-state index contributed by atoms with van der Waals surface area (Å²) in [5.41, 5.74) is 4.76. The van der Waals surface area contributed by atoms with Gasteiger partial charge in [0.15, 0.2) is 0 Å². The number of aryl methyl sites for hydroxylation is 1. The second kappa shape index (κ2) is 6.46. The van der Waals surface area contributed by atoms with Crippen molar-refractivity contribution in [1.29, 1.82) is 0 Å². The average Bonchev–Trinajstić information content (AvgIpc) is 2.82. The van der Waals surface area contributed by atoms with E-state index in [-0.39, 0.29) is 11.8 Å². The van der Waals surface area contributed by atoms with Gasteiger partial charge in [0.25, 0.3) is 0 Å². The van der Waals surface area contributed by atoms with E-state index in [4.69, 9.17) is 5.84 Å². The minimum Gasteiger partial charge on any atom is -0.406 e. The number of ether oxygens (including phenoxy) is 1. The van der Waals surface area contributed by atoms with Crippen LogP contribution in [0.3, 0.4) is 0 Å². The van der Waals surface area contributed by atoms with Crippen molar-refractivity contribution >= 4 is 11.3 Å². The van der Waals surface area contributed by atoms with Crippen LogP contribution in [0, 0.1) is 6.92 Å². The van der Waals surface area contributed by atoms with Gasteiger partial charge in [-0.05, 0) is 48.1 Å². The Hall–Kier alpha value is -1.57. The van der Waals surface area contributed by atoms with Crippen LogP contribution in [-0.2, 0) is 6.42 Å². The molecule has 0 fully saturated rings. The van der Waals surface area contributed by atoms with E-state index in [1.807, 2.05) is 18.4 Å². The van der Waals surface area contributed by atoms with Gasteiger partial charge in [0.2, 0.25) is 0 Å². The lowest BCUT2D eigenvalue weighted by molar-refractivity contribution is -0.274. The molecule has 3 N–H and O–H groups in total. The van der Waals surface area contributed by atoms with Gasteiger partial charge in [0.1, 0.15) is 5.75 Å². The highest BCUT2D eigenvalue weighted by atomic mass is 32.1. The number of hydrogen-bond acceptors (Lipinski definition) is 4. The van der Waals surface area contributed by atoms with Crippen molar-refractivity contribution in [3.05, 3.63) is 51.7 Å². The number of nitrogens with two attached hydrogens (primary N) is 1. The summed E-state index contributed by atoms with van der Waals surface area (Å²) in [6, 6.07) is 7.75. The number of hydrazine groups is 1. The first-order valence-corrected chi connectivity index (χ1v) is 7.12. The Morgan fingerprint density at radius 2 is 1.90 bits per heavy atom. The van der Waals surface area contributed by atoms with Crippen molar-refractivity contribution < 1.29 is 17.9 Å². The number of benzene rings is 1. The van der Waals surface area contributed by atoms with Crippen LogP contribution < -0.4 is 16.0 Å². The predicted octanol–water partition coefficient (Wildman–Crippen LogP) is 3.70. The number of thiophene rings is 1. The maximum absolute atomic E-state index is 12.1. The topological polar surface area (TPSA) is 47.3 Å². The molecule has 0 spiro atoms. The number of hydrogen-bond donors (Lipinski definition) is 2. The highest BCUT2D eigenvalue weighted by molar-refractivity contribution is 7.10. The third kappa shape index (κ3) is 4.45. The van der Waals surface area contributed by atoms with Crippen molar-refractivity contribution in [2.24, 2.45) is 5.84 Å². The molecule has 0 aliphatic rings. The number of alkyl halides is 3. The van der Waals surface area contributed by atoms with Crippen LogP contribution in [0.25, 0.3) is 0 Å². The third-order valence-corrected chi connectivity index (χ3v) is 4.15. The van der Waals surface area contributed by atoms with Crippen LogP contribution in [0.2, 0.25) is 0 Å². The lowest BCUT2D eigenvalue weighted by atomic mass is 10.0. The van der Waals surface area contributed by atoms with E-state index in [9.17, 15) is 13.2 Å². The van der Waals surface area contributed by atoms with Gasteiger partial charge in [-0.25, -0.2) is 0 Å². The molecule has 2 aromatic rings. The molecule has 1 heterocycles. The highest BCUT2D eigenvalue weighted by Gasteiger charge is 2.31. The van der Waals surface area contributed by atoms with Crippen LogP contribution in [0.5, 0.6) is 5.75 Å². The maximum atomic E-state index is 12.1. The normalized spacial score (nSPS) is 13.2. The molecule has 7 heteroatoms. The molecule has 0 aliphatic carbocycles. The molecular formula is C14H15F3N2OS. The first kappa shape index (κ1) is 15.8. The lowest BCUT2D eigenvalue weighted by Gasteiger charge is -2.16. The molecule has 0 saturated heterocycles. The largest absolute Gasteiger partial charge is 0.573 e. The van der Waals surface area contributed by atoms with E-state index in [0.29, 0.717) is 6.42 Å². The molecule has 1 aromatic heterocycles. The van der Waals surface area contributed by atoms with Gasteiger partial charge in [0.05, 0.1) is 6.04 Å². The van der Waals surface area contributed by atoms with E-state index in [2.05, 4.69) is 10.2 Å². The molecule has 3 nitrogen and oxygen atoms in total. The Labute approximate surface area is 124 Å². The molecule has 0 aliphatic heterocycles. The molecule has 0 amide bonds. The zero-order chi connectivity index (χ0) is 15.5. The summed E-state index contributed by atoms with van der Waals surface area (Å²) in [4.78, 5) is 1.12. The molecule has 1 aromatic carbocycles. The molecule has 1 atom stereocenters. The fourth-order valence-corrected chi connectivity index (χ4v) is 3.02. The lowest BCUT2D eigenvalue weighted by Crippen LogP contribution is -2.29. The van der Waals surface area contributed by atoms with E-state index < -0.39 is 6.36 Å². The molecule has 1 unspecified atom stereocenters. The van der Waals surface area contributed by atoms with Crippen molar-refractivity contribution in [2.45, 2.75) is 25.7 Å². The Morgan fingerprint density at radius 1 is 1.24 bits per heavy atom. The Kier molecular flexibility index (Phi) is 4.87. The first-order valence-electron chi connectivity index (χ1n) is 6.24. The van der Waals surface area contributed by atoms with Crippen LogP contribution >= 0.6 is 11.3 Å². The quantitative estimate of drug-likeness (QED) is 0.653. The summed E-state index contributed by atoms with van der Waals surface area (Å²) in [5, 5.41) is 1.98. The van der Waals surface area contributed by atoms with Crippen LogP contribution in [-0.4, -0.2) is 6.36 Å². The van der Waals surface area contributed by atoms with Gasteiger partial charge in [-0.3, -0.25) is 11.3 Å². The maximum Gasteiger partial charge on any atom is 0.573 e. The second-order valence-corrected chi connectivity index (χ2v) is 5.53. The zero-order valence-electron chi connectivity index (χ0n) is 11.3. The van der Waals surface area contributed by atoms with Crippen LogP contribution in [0.1, 0.15) is 22.0 Å². The standard InChI is InChI=1S/C14H15F3N2OS/c1-9-6-7-21-13(9)12(19-18)8-10-2-4-11(5-3-10)20-14(15,16)17/h2-7,12,19H,8,18H2,1H3. The van der Waals surface area contributed by atoms with Crippen molar-refractivity contribution in [2.75, 3.05) is 0 Å². The van der Waals surface area contributed by atoms with Gasteiger partial charge < -0.3 is 4.74 Å². The van der Waals surface area contributed by atoms with Crippen molar-refractivity contribution in [1.82, 2.24) is 5.43 Å². The molecular weight excluding hydrogens is 301 g/mol. The van der Waals surface area contributed by atoms with Crippen LogP contribution in [0.15, 0.2) is 35.7 Å². The molecule has 2 rings (SSSR count). The monoisotopic (exact) mass is 316 g/mol. The molecule has 0 radical (unpaired) electrons. The Bertz CT molecular complexity index is 581. The molecule has 21 heavy (non-hydrogen) atoms. The average molecular weight is 316 g/mol. The highest BCUT2D eigenvalue weighted by Crippen LogP contribution is 2.28. The molecule has 0 bridgehead atoms. The van der Waals surface area contributed by atoms with Gasteiger partial charge in [-0.2, -0.15) is 0 Å². The van der Waals surface area contributed by atoms with Crippen molar-refractivity contribution in [3.63, 3.8) is 0 Å². The Morgan fingerprint density at radius 3 is 2.38 bits per heavy atom. The van der Waals surface area contributed by atoms with Crippen molar-refractivity contribution in [3.8, 4) is 5.75 Å². The predicted molar refractivity (Wildman–Crippen MR) is 75.9 cm³/mol. The zero-order valence-corrected chi connectivity index (χ0v) is 12.1. The van der Waals surface area contributed by atoms with E-state index in [0.717, 1.165) is 16.0 Å². The summed E-state index contributed by atoms with van der Waals surface area (Å²) < 4.78 is 40.1. The van der Waals surface area contributed by atoms with Gasteiger partial charge >= 0.3 is 6.36 Å². The van der Waals surface area contributed by atoms with Gasteiger partial charge in [0, 0.05) is 4.88 Å². The number of rotatable bonds is 5. The SMILES string of the molecule is Cc1ccsc1C(Cc1ccc(OC(F)(F)F)cc1)NN. The van der Waals surface area contributed by atoms with Gasteiger partial charge in [-0.1, -0.05) is 12.1 Å². The third-order valence-electron chi connectivity index (χ3n) is 3.02. The summed E-state index contributed by atoms with van der Waals surface area (Å²) in [6.07, 6.45) is -4.08. The minimum absolute atomic E-state index is 0.0700. The van der Waals surface area contributed by atoms with E-state index >= 15 is 0 Å². The second-order valence-electron chi connectivity index (χ2n) is 4.58. The fourth-order valence-electron chi connectivity index (χ4n) is 2.03. The first-order chi connectivity index (χ1) is 9.89. The summed E-state index contributed by atoms with van der Waals surface area (Å²) >= 11 is 1.60. The molecule has 0 saturated carbocycles. The van der Waals surface area contributed by atoms with E-state index in [1.54, 1.807) is 23.5 Å². The van der Waals surface area contributed by atoms with Crippen LogP contribution in [0.4, 0.5) is 13.2 Å². The number of nitrogens with one attached hydrogen (secondary N) is 1. The Balaban J connectivity index is 2.07. The smallest absolute Gasteiger partial charge is 0.406 e. The summed E-state index contributed by atoms with van der Waals surface area (Å²) in [5.74, 6) is 5.35. The minimum atomic E-state index is -4.67. The van der Waals surface area contributed by atoms with Gasteiger partial charge in [-0.15, -0.1) is 24.5 Å². The molecule has 114 valence electrons. The summed E-state index contributed by atoms with van der Waals surface area (Å²) in [6.45, 7) is 2.00. The van der Waals surface area contributed by atoms with E-state index in [1.165, 1.54) is 12.1 Å². The summed E-state index contributed by atoms with van der Waals surface area (Å²) in [7, 11) is 0. The fraction of sp³-hybridized carbons (Fsp3) is 0.286.